The molecule has 17 heavy (non-hydrogen) atoms. The second kappa shape index (κ2) is 4.03. The maximum atomic E-state index is 12.5. The summed E-state index contributed by atoms with van der Waals surface area (Å²) >= 11 is 1.20. The first kappa shape index (κ1) is 11.1. The summed E-state index contributed by atoms with van der Waals surface area (Å²) in [5.74, 6) is 0.108. The highest BCUT2D eigenvalue weighted by atomic mass is 32.1. The molecule has 1 aromatic rings. The van der Waals surface area contributed by atoms with Crippen molar-refractivity contribution in [1.29, 1.82) is 0 Å². The molecule has 2 bridgehead atoms. The van der Waals surface area contributed by atoms with Crippen LogP contribution in [0.1, 0.15) is 41.0 Å². The highest BCUT2D eigenvalue weighted by molar-refractivity contribution is 7.07. The first-order valence-corrected chi connectivity index (χ1v) is 6.81. The number of carbonyl (C=O) groups is 1. The number of hydrogen-bond donors (Lipinski definition) is 1. The summed E-state index contributed by atoms with van der Waals surface area (Å²) in [6.07, 6.45) is 4.06. The number of aromatic nitrogens is 2. The Morgan fingerprint density at radius 1 is 1.41 bits per heavy atom. The van der Waals surface area contributed by atoms with Crippen LogP contribution in [0.5, 0.6) is 0 Å². The molecule has 2 aliphatic rings. The number of carbonyl (C=O) groups excluding carboxylic acids is 1. The molecular weight excluding hydrogens is 236 g/mol. The molecule has 1 aromatic heterocycles. The van der Waals surface area contributed by atoms with Gasteiger partial charge < -0.3 is 10.6 Å². The van der Waals surface area contributed by atoms with E-state index in [2.05, 4.69) is 9.59 Å². The van der Waals surface area contributed by atoms with Crippen molar-refractivity contribution in [2.75, 3.05) is 0 Å². The molecule has 92 valence electrons. The maximum Gasteiger partial charge on any atom is 0.268 e. The van der Waals surface area contributed by atoms with Crippen LogP contribution < -0.4 is 5.73 Å². The molecule has 2 saturated heterocycles. The van der Waals surface area contributed by atoms with Gasteiger partial charge in [0.1, 0.15) is 4.88 Å². The predicted molar refractivity (Wildman–Crippen MR) is 64.8 cm³/mol. The Bertz CT molecular complexity index is 432. The number of amides is 1. The summed E-state index contributed by atoms with van der Waals surface area (Å²) in [5.41, 5.74) is 6.75. The lowest BCUT2D eigenvalue weighted by molar-refractivity contribution is 0.0579. The van der Waals surface area contributed by atoms with Crippen LogP contribution in [0.15, 0.2) is 0 Å². The summed E-state index contributed by atoms with van der Waals surface area (Å²) < 4.78 is 3.84. The number of aryl methyl sites for hydroxylation is 1. The quantitative estimate of drug-likeness (QED) is 0.807. The largest absolute Gasteiger partial charge is 0.332 e. The first-order chi connectivity index (χ1) is 8.16. The third-order valence-corrected chi connectivity index (χ3v) is 4.67. The lowest BCUT2D eigenvalue weighted by Crippen LogP contribution is -2.50. The van der Waals surface area contributed by atoms with Gasteiger partial charge in [-0.3, -0.25) is 4.79 Å². The van der Waals surface area contributed by atoms with Crippen molar-refractivity contribution in [2.45, 2.75) is 50.7 Å². The Morgan fingerprint density at radius 3 is 2.59 bits per heavy atom. The summed E-state index contributed by atoms with van der Waals surface area (Å²) in [4.78, 5) is 15.2. The molecule has 0 aliphatic carbocycles. The van der Waals surface area contributed by atoms with E-state index in [-0.39, 0.29) is 11.9 Å². The zero-order valence-corrected chi connectivity index (χ0v) is 10.6. The minimum absolute atomic E-state index is 0.108. The van der Waals surface area contributed by atoms with Gasteiger partial charge in [-0.15, -0.1) is 5.10 Å². The smallest absolute Gasteiger partial charge is 0.268 e. The van der Waals surface area contributed by atoms with Gasteiger partial charge in [-0.2, -0.15) is 0 Å². The van der Waals surface area contributed by atoms with Crippen molar-refractivity contribution in [3.8, 4) is 0 Å². The van der Waals surface area contributed by atoms with Crippen LogP contribution >= 0.6 is 11.5 Å². The van der Waals surface area contributed by atoms with E-state index in [0.29, 0.717) is 17.0 Å². The number of nitrogens with zero attached hydrogens (tertiary/aromatic N) is 3. The van der Waals surface area contributed by atoms with Crippen LogP contribution in [0.2, 0.25) is 0 Å². The first-order valence-electron chi connectivity index (χ1n) is 6.04. The van der Waals surface area contributed by atoms with Gasteiger partial charge in [0.15, 0.2) is 0 Å². The summed E-state index contributed by atoms with van der Waals surface area (Å²) in [5, 5.41) is 3.91. The van der Waals surface area contributed by atoms with Gasteiger partial charge in [0.25, 0.3) is 5.91 Å². The van der Waals surface area contributed by atoms with E-state index in [4.69, 9.17) is 5.73 Å². The monoisotopic (exact) mass is 252 g/mol. The van der Waals surface area contributed by atoms with Crippen LogP contribution in [0.3, 0.4) is 0 Å². The van der Waals surface area contributed by atoms with Gasteiger partial charge in [-0.05, 0) is 44.1 Å². The zero-order valence-electron chi connectivity index (χ0n) is 9.80. The maximum absolute atomic E-state index is 12.5. The van der Waals surface area contributed by atoms with Crippen molar-refractivity contribution in [3.63, 3.8) is 0 Å². The van der Waals surface area contributed by atoms with E-state index >= 15 is 0 Å². The summed E-state index contributed by atoms with van der Waals surface area (Å²) in [6, 6.07) is 0.924. The van der Waals surface area contributed by atoms with Gasteiger partial charge in [0.2, 0.25) is 0 Å². The van der Waals surface area contributed by atoms with Crippen molar-refractivity contribution >= 4 is 17.4 Å². The lowest BCUT2D eigenvalue weighted by Gasteiger charge is -2.37. The molecule has 0 aromatic carbocycles. The van der Waals surface area contributed by atoms with Crippen molar-refractivity contribution in [3.05, 3.63) is 10.6 Å². The fourth-order valence-electron chi connectivity index (χ4n) is 3.10. The molecular formula is C11H16N4OS. The Balaban J connectivity index is 1.86. The van der Waals surface area contributed by atoms with Gasteiger partial charge in [0.05, 0.1) is 5.69 Å². The average molecular weight is 252 g/mol. The number of hydrogen-bond acceptors (Lipinski definition) is 5. The Labute approximate surface area is 104 Å². The zero-order chi connectivity index (χ0) is 12.0. The third kappa shape index (κ3) is 1.75. The molecule has 3 heterocycles. The summed E-state index contributed by atoms with van der Waals surface area (Å²) in [7, 11) is 0. The van der Waals surface area contributed by atoms with Crippen LogP contribution in [0.4, 0.5) is 0 Å². The fourth-order valence-corrected chi connectivity index (χ4v) is 3.70. The molecule has 0 radical (unpaired) electrons. The van der Waals surface area contributed by atoms with E-state index in [1.165, 1.54) is 11.5 Å². The van der Waals surface area contributed by atoms with Gasteiger partial charge in [0, 0.05) is 18.1 Å². The van der Waals surface area contributed by atoms with Gasteiger partial charge in [-0.1, -0.05) is 4.49 Å². The third-order valence-electron chi connectivity index (χ3n) is 3.85. The Morgan fingerprint density at radius 2 is 2.06 bits per heavy atom. The molecule has 0 saturated carbocycles. The highest BCUT2D eigenvalue weighted by Gasteiger charge is 2.43. The van der Waals surface area contributed by atoms with Crippen molar-refractivity contribution in [2.24, 2.45) is 5.73 Å². The molecule has 6 heteroatoms. The number of fused-ring (bicyclic) bond motifs is 2. The van der Waals surface area contributed by atoms with E-state index < -0.39 is 0 Å². The Hall–Kier alpha value is -1.01. The average Bonchev–Trinajstić information content (AvgIpc) is 2.81. The molecule has 1 amide bonds. The minimum Gasteiger partial charge on any atom is -0.332 e. The highest BCUT2D eigenvalue weighted by Crippen LogP contribution is 2.36. The molecule has 2 aliphatic heterocycles. The predicted octanol–water partition coefficient (Wildman–Crippen LogP) is 0.941. The van der Waals surface area contributed by atoms with Crippen LogP contribution in [0.25, 0.3) is 0 Å². The fraction of sp³-hybridized carbons (Fsp3) is 0.727. The van der Waals surface area contributed by atoms with Crippen LogP contribution in [-0.2, 0) is 0 Å². The number of rotatable bonds is 1. The van der Waals surface area contributed by atoms with Crippen molar-refractivity contribution < 1.29 is 4.79 Å². The standard InChI is InChI=1S/C11H16N4OS/c1-6-10(17-14-13-6)11(16)15-8-2-3-9(15)5-7(12)4-8/h7-9H,2-5,12H2,1H3. The van der Waals surface area contributed by atoms with E-state index in [9.17, 15) is 4.79 Å². The van der Waals surface area contributed by atoms with Crippen LogP contribution in [0, 0.1) is 6.92 Å². The van der Waals surface area contributed by atoms with E-state index in [1.54, 1.807) is 0 Å². The number of piperidine rings is 1. The lowest BCUT2D eigenvalue weighted by atomic mass is 9.98. The Kier molecular flexibility index (Phi) is 2.63. The topological polar surface area (TPSA) is 72.1 Å². The molecule has 0 spiro atoms. The van der Waals surface area contributed by atoms with Gasteiger partial charge >= 0.3 is 0 Å². The van der Waals surface area contributed by atoms with Crippen LogP contribution in [-0.4, -0.2) is 38.5 Å². The molecule has 2 atom stereocenters. The second-order valence-corrected chi connectivity index (χ2v) is 5.77. The van der Waals surface area contributed by atoms with E-state index in [0.717, 1.165) is 31.4 Å². The molecule has 2 unspecified atom stereocenters. The molecule has 3 rings (SSSR count). The molecule has 2 fully saturated rings. The minimum atomic E-state index is 0.108. The van der Waals surface area contributed by atoms with Gasteiger partial charge in [-0.25, -0.2) is 0 Å². The van der Waals surface area contributed by atoms with E-state index in [1.807, 2.05) is 11.8 Å². The second-order valence-electron chi connectivity index (χ2n) is 5.02. The summed E-state index contributed by atoms with van der Waals surface area (Å²) in [6.45, 7) is 1.84. The number of nitrogens with two attached hydrogens (primary N) is 1. The SMILES string of the molecule is Cc1nnsc1C(=O)N1C2CCC1CC(N)C2. The normalized spacial score (nSPS) is 31.9. The van der Waals surface area contributed by atoms with Crippen molar-refractivity contribution in [1.82, 2.24) is 14.5 Å². The molecule has 5 nitrogen and oxygen atoms in total. The molecule has 2 N–H and O–H groups in total.